The summed E-state index contributed by atoms with van der Waals surface area (Å²) in [5, 5.41) is 0. The van der Waals surface area contributed by atoms with E-state index in [-0.39, 0.29) is 5.82 Å². The van der Waals surface area contributed by atoms with E-state index in [2.05, 4.69) is 21.9 Å². The van der Waals surface area contributed by atoms with Crippen LogP contribution in [0.15, 0.2) is 16.6 Å². The Kier molecular flexibility index (Phi) is 3.97. The van der Waals surface area contributed by atoms with Crippen molar-refractivity contribution in [2.45, 2.75) is 12.8 Å². The van der Waals surface area contributed by atoms with Crippen molar-refractivity contribution in [1.29, 1.82) is 0 Å². The number of rotatable bonds is 3. The van der Waals surface area contributed by atoms with Crippen molar-refractivity contribution in [3.05, 3.63) is 28.0 Å². The number of ether oxygens (including phenoxy) is 1. The molecule has 3 heteroatoms. The van der Waals surface area contributed by atoms with Gasteiger partial charge in [-0.15, -0.1) is 12.3 Å². The van der Waals surface area contributed by atoms with E-state index in [4.69, 9.17) is 11.2 Å². The van der Waals surface area contributed by atoms with Crippen LogP contribution in [0.3, 0.4) is 0 Å². The van der Waals surface area contributed by atoms with Crippen LogP contribution in [0.4, 0.5) is 4.39 Å². The Bertz CT molecular complexity index is 368. The molecule has 0 aromatic heterocycles. The Labute approximate surface area is 91.4 Å². The molecule has 0 aliphatic heterocycles. The van der Waals surface area contributed by atoms with Crippen LogP contribution in [-0.2, 0) is 6.42 Å². The Morgan fingerprint density at radius 2 is 2.29 bits per heavy atom. The summed E-state index contributed by atoms with van der Waals surface area (Å²) in [5.74, 6) is 2.72. The van der Waals surface area contributed by atoms with Crippen LogP contribution in [0.5, 0.6) is 5.75 Å². The maximum Gasteiger partial charge on any atom is 0.131 e. The molecule has 0 heterocycles. The molecule has 0 amide bonds. The monoisotopic (exact) mass is 256 g/mol. The van der Waals surface area contributed by atoms with Gasteiger partial charge in [0.25, 0.3) is 0 Å². The van der Waals surface area contributed by atoms with Gasteiger partial charge in [-0.1, -0.05) is 15.9 Å². The molecule has 1 rings (SSSR count). The SMILES string of the molecule is C#CCCc1c(F)cc(Br)cc1OC. The molecule has 0 radical (unpaired) electrons. The van der Waals surface area contributed by atoms with Crippen LogP contribution in [-0.4, -0.2) is 7.11 Å². The molecule has 0 saturated heterocycles. The lowest BCUT2D eigenvalue weighted by molar-refractivity contribution is 0.404. The smallest absolute Gasteiger partial charge is 0.131 e. The summed E-state index contributed by atoms with van der Waals surface area (Å²) in [4.78, 5) is 0. The zero-order chi connectivity index (χ0) is 10.6. The Hall–Kier alpha value is -1.01. The zero-order valence-electron chi connectivity index (χ0n) is 7.81. The van der Waals surface area contributed by atoms with E-state index in [1.807, 2.05) is 0 Å². The van der Waals surface area contributed by atoms with Crippen LogP contribution >= 0.6 is 15.9 Å². The van der Waals surface area contributed by atoms with Gasteiger partial charge in [-0.25, -0.2) is 4.39 Å². The summed E-state index contributed by atoms with van der Waals surface area (Å²) in [6.45, 7) is 0. The topological polar surface area (TPSA) is 9.23 Å². The third-order valence-electron chi connectivity index (χ3n) is 1.86. The van der Waals surface area contributed by atoms with Crippen LogP contribution in [0.25, 0.3) is 0 Å². The second-order valence-electron chi connectivity index (χ2n) is 2.77. The Balaban J connectivity index is 3.06. The van der Waals surface area contributed by atoms with E-state index in [1.54, 1.807) is 6.07 Å². The number of hydrogen-bond donors (Lipinski definition) is 0. The van der Waals surface area contributed by atoms with Crippen molar-refractivity contribution in [3.8, 4) is 18.1 Å². The van der Waals surface area contributed by atoms with Crippen LogP contribution in [0.2, 0.25) is 0 Å². The third kappa shape index (κ3) is 2.49. The van der Waals surface area contributed by atoms with Gasteiger partial charge in [0.15, 0.2) is 0 Å². The number of halogens is 2. The molecule has 0 aliphatic rings. The van der Waals surface area contributed by atoms with E-state index in [1.165, 1.54) is 13.2 Å². The molecule has 1 aromatic rings. The van der Waals surface area contributed by atoms with Crippen LogP contribution in [0.1, 0.15) is 12.0 Å². The normalized spacial score (nSPS) is 9.57. The van der Waals surface area contributed by atoms with E-state index in [0.717, 1.165) is 0 Å². The maximum absolute atomic E-state index is 13.4. The third-order valence-corrected chi connectivity index (χ3v) is 2.32. The first-order valence-corrected chi connectivity index (χ1v) is 4.93. The molecule has 74 valence electrons. The quantitative estimate of drug-likeness (QED) is 0.756. The summed E-state index contributed by atoms with van der Waals surface area (Å²) in [5.41, 5.74) is 0.536. The highest BCUT2D eigenvalue weighted by Gasteiger charge is 2.09. The summed E-state index contributed by atoms with van der Waals surface area (Å²) in [6, 6.07) is 3.14. The largest absolute Gasteiger partial charge is 0.496 e. The molecule has 0 atom stereocenters. The second kappa shape index (κ2) is 5.02. The number of terminal acetylenes is 1. The fraction of sp³-hybridized carbons (Fsp3) is 0.273. The van der Waals surface area contributed by atoms with Crippen molar-refractivity contribution >= 4 is 15.9 Å². The van der Waals surface area contributed by atoms with Gasteiger partial charge < -0.3 is 4.74 Å². The van der Waals surface area contributed by atoms with Crippen LogP contribution < -0.4 is 4.74 Å². The van der Waals surface area contributed by atoms with E-state index < -0.39 is 0 Å². The van der Waals surface area contributed by atoms with Crippen molar-refractivity contribution in [1.82, 2.24) is 0 Å². The molecule has 1 nitrogen and oxygen atoms in total. The molecule has 0 saturated carbocycles. The van der Waals surface area contributed by atoms with Gasteiger partial charge in [-0.05, 0) is 18.6 Å². The van der Waals surface area contributed by atoms with Crippen LogP contribution in [0, 0.1) is 18.2 Å². The lowest BCUT2D eigenvalue weighted by Crippen LogP contribution is -1.96. The van der Waals surface area contributed by atoms with Gasteiger partial charge in [0.2, 0.25) is 0 Å². The number of methoxy groups -OCH3 is 1. The summed E-state index contributed by atoms with van der Waals surface area (Å²) in [7, 11) is 1.51. The van der Waals surface area contributed by atoms with Gasteiger partial charge in [0, 0.05) is 16.5 Å². The highest BCUT2D eigenvalue weighted by Crippen LogP contribution is 2.27. The standard InChI is InChI=1S/C11H10BrFO/c1-3-4-5-9-10(13)6-8(12)7-11(9)14-2/h1,6-7H,4-5H2,2H3. The van der Waals surface area contributed by atoms with Gasteiger partial charge in [0.05, 0.1) is 7.11 Å². The average molecular weight is 257 g/mol. The van der Waals surface area contributed by atoms with E-state index >= 15 is 0 Å². The molecule has 0 aliphatic carbocycles. The average Bonchev–Trinajstić information content (AvgIpc) is 2.15. The minimum Gasteiger partial charge on any atom is -0.496 e. The first-order valence-electron chi connectivity index (χ1n) is 4.14. The molecular formula is C11H10BrFO. The maximum atomic E-state index is 13.4. The number of benzene rings is 1. The van der Waals surface area contributed by atoms with Gasteiger partial charge >= 0.3 is 0 Å². The minimum atomic E-state index is -0.286. The number of hydrogen-bond acceptors (Lipinski definition) is 1. The molecular weight excluding hydrogens is 247 g/mol. The van der Waals surface area contributed by atoms with E-state index in [0.29, 0.717) is 28.6 Å². The molecule has 0 fully saturated rings. The molecule has 1 aromatic carbocycles. The second-order valence-corrected chi connectivity index (χ2v) is 3.69. The molecule has 0 spiro atoms. The molecule has 14 heavy (non-hydrogen) atoms. The minimum absolute atomic E-state index is 0.286. The first kappa shape index (κ1) is 11.1. The summed E-state index contributed by atoms with van der Waals surface area (Å²) >= 11 is 3.20. The van der Waals surface area contributed by atoms with Crippen molar-refractivity contribution in [2.75, 3.05) is 7.11 Å². The van der Waals surface area contributed by atoms with E-state index in [9.17, 15) is 4.39 Å². The summed E-state index contributed by atoms with van der Waals surface area (Å²) < 4.78 is 19.2. The van der Waals surface area contributed by atoms with Crippen molar-refractivity contribution in [3.63, 3.8) is 0 Å². The fourth-order valence-electron chi connectivity index (χ4n) is 1.20. The Morgan fingerprint density at radius 1 is 1.57 bits per heavy atom. The molecule has 0 unspecified atom stereocenters. The van der Waals surface area contributed by atoms with Crippen molar-refractivity contribution < 1.29 is 9.13 Å². The predicted octanol–water partition coefficient (Wildman–Crippen LogP) is 3.16. The molecule has 0 N–H and O–H groups in total. The summed E-state index contributed by atoms with van der Waals surface area (Å²) in [6.07, 6.45) is 6.13. The highest BCUT2D eigenvalue weighted by molar-refractivity contribution is 9.10. The van der Waals surface area contributed by atoms with Gasteiger partial charge in [-0.2, -0.15) is 0 Å². The fourth-order valence-corrected chi connectivity index (χ4v) is 1.61. The Morgan fingerprint density at radius 3 is 2.86 bits per heavy atom. The highest BCUT2D eigenvalue weighted by atomic mass is 79.9. The lowest BCUT2D eigenvalue weighted by Gasteiger charge is -2.08. The zero-order valence-corrected chi connectivity index (χ0v) is 9.40. The lowest BCUT2D eigenvalue weighted by atomic mass is 10.1. The predicted molar refractivity (Wildman–Crippen MR) is 57.8 cm³/mol. The van der Waals surface area contributed by atoms with Crippen molar-refractivity contribution in [2.24, 2.45) is 0 Å². The van der Waals surface area contributed by atoms with Gasteiger partial charge in [-0.3, -0.25) is 0 Å². The first-order chi connectivity index (χ1) is 6.69. The van der Waals surface area contributed by atoms with Gasteiger partial charge in [0.1, 0.15) is 11.6 Å². The molecule has 0 bridgehead atoms.